The van der Waals surface area contributed by atoms with Crippen LogP contribution in [0.5, 0.6) is 5.75 Å². The number of aromatic nitrogens is 2. The standard InChI is InChI=1S/C23H24Cl2N4O3/c1-3-11-26-23(31)21-18(13-29(4-2)28-21)27-22(30)16-8-5-7-15(12-16)14-32-19-10-6-9-17(24)20(19)25/h5-10,12-13H,3-4,11,14H2,1-2H3,(H,26,31)(H,27,30). The van der Waals surface area contributed by atoms with Crippen molar-refractivity contribution in [3.05, 3.63) is 75.5 Å². The highest BCUT2D eigenvalue weighted by atomic mass is 35.5. The summed E-state index contributed by atoms with van der Waals surface area (Å²) in [7, 11) is 0. The number of hydrogen-bond acceptors (Lipinski definition) is 4. The zero-order chi connectivity index (χ0) is 23.1. The van der Waals surface area contributed by atoms with Crippen molar-refractivity contribution in [1.82, 2.24) is 15.1 Å². The number of amides is 2. The fourth-order valence-electron chi connectivity index (χ4n) is 2.92. The second-order valence-corrected chi connectivity index (χ2v) is 7.78. The molecular formula is C23H24Cl2N4O3. The van der Waals surface area contributed by atoms with Crippen LogP contribution < -0.4 is 15.4 Å². The SMILES string of the molecule is CCCNC(=O)c1nn(CC)cc1NC(=O)c1cccc(COc2cccc(Cl)c2Cl)c1. The Balaban J connectivity index is 1.73. The van der Waals surface area contributed by atoms with Crippen molar-refractivity contribution < 1.29 is 14.3 Å². The highest BCUT2D eigenvalue weighted by Gasteiger charge is 2.19. The fourth-order valence-corrected chi connectivity index (χ4v) is 3.26. The Morgan fingerprint density at radius 1 is 1.09 bits per heavy atom. The predicted molar refractivity (Wildman–Crippen MR) is 126 cm³/mol. The molecule has 0 bridgehead atoms. The van der Waals surface area contributed by atoms with E-state index in [1.165, 1.54) is 0 Å². The number of halogens is 2. The Labute approximate surface area is 196 Å². The lowest BCUT2D eigenvalue weighted by Gasteiger charge is -2.10. The van der Waals surface area contributed by atoms with E-state index in [-0.39, 0.29) is 24.1 Å². The van der Waals surface area contributed by atoms with Crippen molar-refractivity contribution in [1.29, 1.82) is 0 Å². The van der Waals surface area contributed by atoms with E-state index in [1.54, 1.807) is 47.3 Å². The molecule has 32 heavy (non-hydrogen) atoms. The van der Waals surface area contributed by atoms with E-state index < -0.39 is 0 Å². The number of carbonyl (C=O) groups excluding carboxylic acids is 2. The average molecular weight is 475 g/mol. The second kappa shape index (κ2) is 11.0. The van der Waals surface area contributed by atoms with Gasteiger partial charge in [0, 0.05) is 24.8 Å². The van der Waals surface area contributed by atoms with Gasteiger partial charge < -0.3 is 15.4 Å². The van der Waals surface area contributed by atoms with Crippen LogP contribution in [0, 0.1) is 0 Å². The monoisotopic (exact) mass is 474 g/mol. The third-order valence-corrected chi connectivity index (χ3v) is 5.39. The number of aryl methyl sites for hydroxylation is 1. The molecule has 2 amide bonds. The van der Waals surface area contributed by atoms with Gasteiger partial charge in [-0.15, -0.1) is 0 Å². The van der Waals surface area contributed by atoms with Crippen LogP contribution in [0.25, 0.3) is 0 Å². The quantitative estimate of drug-likeness (QED) is 0.447. The van der Waals surface area contributed by atoms with E-state index >= 15 is 0 Å². The third-order valence-electron chi connectivity index (χ3n) is 4.58. The van der Waals surface area contributed by atoms with Crippen molar-refractivity contribution in [3.63, 3.8) is 0 Å². The van der Waals surface area contributed by atoms with Crippen LogP contribution in [0.4, 0.5) is 5.69 Å². The van der Waals surface area contributed by atoms with Crippen LogP contribution in [0.3, 0.4) is 0 Å². The van der Waals surface area contributed by atoms with Gasteiger partial charge in [0.1, 0.15) is 17.4 Å². The lowest BCUT2D eigenvalue weighted by Crippen LogP contribution is -2.26. The predicted octanol–water partition coefficient (Wildman–Crippen LogP) is 5.18. The van der Waals surface area contributed by atoms with Gasteiger partial charge in [-0.3, -0.25) is 14.3 Å². The molecule has 0 aliphatic carbocycles. The zero-order valence-corrected chi connectivity index (χ0v) is 19.3. The van der Waals surface area contributed by atoms with Gasteiger partial charge in [-0.2, -0.15) is 5.10 Å². The molecule has 168 valence electrons. The van der Waals surface area contributed by atoms with Crippen molar-refractivity contribution in [3.8, 4) is 5.75 Å². The summed E-state index contributed by atoms with van der Waals surface area (Å²) < 4.78 is 7.35. The maximum absolute atomic E-state index is 12.9. The number of carbonyl (C=O) groups is 2. The van der Waals surface area contributed by atoms with Gasteiger partial charge in [0.15, 0.2) is 5.69 Å². The van der Waals surface area contributed by atoms with Gasteiger partial charge in [0.05, 0.1) is 10.7 Å². The fraction of sp³-hybridized carbons (Fsp3) is 0.261. The Kier molecular flexibility index (Phi) is 8.14. The first kappa shape index (κ1) is 23.6. The van der Waals surface area contributed by atoms with Gasteiger partial charge in [-0.1, -0.05) is 48.3 Å². The molecule has 0 spiro atoms. The molecule has 0 aliphatic rings. The molecule has 0 aliphatic heterocycles. The summed E-state index contributed by atoms with van der Waals surface area (Å²) in [4.78, 5) is 25.3. The molecule has 0 unspecified atom stereocenters. The third kappa shape index (κ3) is 5.81. The van der Waals surface area contributed by atoms with Crippen molar-refractivity contribution in [2.75, 3.05) is 11.9 Å². The van der Waals surface area contributed by atoms with Gasteiger partial charge >= 0.3 is 0 Å². The molecule has 1 heterocycles. The van der Waals surface area contributed by atoms with Crippen LogP contribution in [0.15, 0.2) is 48.7 Å². The van der Waals surface area contributed by atoms with Gasteiger partial charge in [0.2, 0.25) is 0 Å². The molecule has 1 aromatic heterocycles. The summed E-state index contributed by atoms with van der Waals surface area (Å²) in [5, 5.41) is 10.6. The van der Waals surface area contributed by atoms with Crippen LogP contribution in [-0.2, 0) is 13.2 Å². The Morgan fingerprint density at radius 2 is 1.88 bits per heavy atom. The van der Waals surface area contributed by atoms with Crippen LogP contribution >= 0.6 is 23.2 Å². The zero-order valence-electron chi connectivity index (χ0n) is 17.8. The molecule has 9 heteroatoms. The Bertz CT molecular complexity index is 1110. The minimum absolute atomic E-state index is 0.184. The van der Waals surface area contributed by atoms with Gasteiger partial charge in [-0.05, 0) is 43.2 Å². The summed E-state index contributed by atoms with van der Waals surface area (Å²) in [6.07, 6.45) is 2.45. The first-order valence-corrected chi connectivity index (χ1v) is 11.0. The summed E-state index contributed by atoms with van der Waals surface area (Å²) in [5.41, 5.74) is 1.74. The number of hydrogen-bond donors (Lipinski definition) is 2. The number of nitrogens with one attached hydrogen (secondary N) is 2. The van der Waals surface area contributed by atoms with E-state index in [9.17, 15) is 9.59 Å². The van der Waals surface area contributed by atoms with Crippen molar-refractivity contribution in [2.24, 2.45) is 0 Å². The van der Waals surface area contributed by atoms with Crippen molar-refractivity contribution >= 4 is 40.7 Å². The highest BCUT2D eigenvalue weighted by molar-refractivity contribution is 6.42. The minimum atomic E-state index is -0.354. The minimum Gasteiger partial charge on any atom is -0.487 e. The number of benzene rings is 2. The maximum atomic E-state index is 12.9. The molecule has 0 radical (unpaired) electrons. The molecule has 0 fully saturated rings. The summed E-state index contributed by atoms with van der Waals surface area (Å²) >= 11 is 12.2. The lowest BCUT2D eigenvalue weighted by atomic mass is 10.1. The Morgan fingerprint density at radius 3 is 2.62 bits per heavy atom. The maximum Gasteiger partial charge on any atom is 0.273 e. The lowest BCUT2D eigenvalue weighted by molar-refractivity contribution is 0.0948. The molecule has 0 saturated carbocycles. The van der Waals surface area contributed by atoms with E-state index in [0.717, 1.165) is 12.0 Å². The Hall–Kier alpha value is -3.03. The normalized spacial score (nSPS) is 10.6. The number of ether oxygens (including phenoxy) is 1. The number of anilines is 1. The molecular weight excluding hydrogens is 451 g/mol. The van der Waals surface area contributed by atoms with Crippen LogP contribution in [-0.4, -0.2) is 28.1 Å². The largest absolute Gasteiger partial charge is 0.487 e. The molecule has 0 saturated heterocycles. The highest BCUT2D eigenvalue weighted by Crippen LogP contribution is 2.32. The first-order chi connectivity index (χ1) is 15.4. The summed E-state index contributed by atoms with van der Waals surface area (Å²) in [5.74, 6) is -0.216. The molecule has 0 atom stereocenters. The van der Waals surface area contributed by atoms with Crippen LogP contribution in [0.2, 0.25) is 10.0 Å². The number of rotatable bonds is 9. The smallest absolute Gasteiger partial charge is 0.273 e. The summed E-state index contributed by atoms with van der Waals surface area (Å²) in [6, 6.07) is 12.2. The van der Waals surface area contributed by atoms with Gasteiger partial charge in [-0.25, -0.2) is 0 Å². The molecule has 3 rings (SSSR count). The van der Waals surface area contributed by atoms with E-state index in [4.69, 9.17) is 27.9 Å². The number of nitrogens with zero attached hydrogens (tertiary/aromatic N) is 2. The molecule has 7 nitrogen and oxygen atoms in total. The average Bonchev–Trinajstić information content (AvgIpc) is 3.21. The van der Waals surface area contributed by atoms with E-state index in [1.807, 2.05) is 19.9 Å². The van der Waals surface area contributed by atoms with Crippen LogP contribution in [0.1, 0.15) is 46.7 Å². The second-order valence-electron chi connectivity index (χ2n) is 7.00. The van der Waals surface area contributed by atoms with E-state index in [2.05, 4.69) is 15.7 Å². The topological polar surface area (TPSA) is 85.3 Å². The molecule has 3 aromatic rings. The van der Waals surface area contributed by atoms with Gasteiger partial charge in [0.25, 0.3) is 11.8 Å². The van der Waals surface area contributed by atoms with Crippen molar-refractivity contribution in [2.45, 2.75) is 33.4 Å². The summed E-state index contributed by atoms with van der Waals surface area (Å²) in [6.45, 7) is 5.18. The first-order valence-electron chi connectivity index (χ1n) is 10.3. The molecule has 2 N–H and O–H groups in total. The van der Waals surface area contributed by atoms with E-state index in [0.29, 0.717) is 40.1 Å². The molecule has 2 aromatic carbocycles.